The highest BCUT2D eigenvalue weighted by Crippen LogP contribution is 2.79. The summed E-state index contributed by atoms with van der Waals surface area (Å²) in [6.07, 6.45) is 4.34. The lowest BCUT2D eigenvalue weighted by atomic mass is 10.0. The summed E-state index contributed by atoms with van der Waals surface area (Å²) in [6, 6.07) is 0.602. The third kappa shape index (κ3) is 0.334. The molecule has 0 radical (unpaired) electrons. The number of hydrogen-bond donors (Lipinski definition) is 1. The van der Waals surface area contributed by atoms with Gasteiger partial charge in [0.1, 0.15) is 0 Å². The van der Waals surface area contributed by atoms with Crippen molar-refractivity contribution in [1.29, 1.82) is 0 Å². The summed E-state index contributed by atoms with van der Waals surface area (Å²) in [4.78, 5) is 0. The fourth-order valence-corrected chi connectivity index (χ4v) is 4.06. The maximum atomic E-state index is 6.07. The Balaban J connectivity index is 2.01. The molecule has 4 bridgehead atoms. The van der Waals surface area contributed by atoms with Gasteiger partial charge in [-0.05, 0) is 42.4 Å². The van der Waals surface area contributed by atoms with Crippen molar-refractivity contribution in [3.63, 3.8) is 0 Å². The third-order valence-electron chi connectivity index (χ3n) is 4.54. The zero-order valence-electron chi connectivity index (χ0n) is 6.51. The molecule has 0 spiro atoms. The molecule has 4 fully saturated rings. The second-order valence-corrected chi connectivity index (χ2v) is 4.50. The summed E-state index contributed by atoms with van der Waals surface area (Å²) in [5.41, 5.74) is 6.85. The van der Waals surface area contributed by atoms with Gasteiger partial charge in [0.2, 0.25) is 0 Å². The lowest BCUT2D eigenvalue weighted by Gasteiger charge is -2.04. The van der Waals surface area contributed by atoms with Crippen molar-refractivity contribution in [3.05, 3.63) is 0 Å². The van der Waals surface area contributed by atoms with E-state index in [0.29, 0.717) is 6.04 Å². The quantitative estimate of drug-likeness (QED) is 0.580. The monoisotopic (exact) mass is 137 g/mol. The first kappa shape index (κ1) is 5.59. The van der Waals surface area contributed by atoms with Crippen molar-refractivity contribution in [2.45, 2.75) is 32.2 Å². The average Bonchev–Trinajstić information content (AvgIpc) is 2.36. The predicted octanol–water partition coefficient (Wildman–Crippen LogP) is 1.38. The highest BCUT2D eigenvalue weighted by atomic mass is 14.9. The van der Waals surface area contributed by atoms with E-state index in [1.54, 1.807) is 0 Å². The second-order valence-electron chi connectivity index (χ2n) is 4.50. The lowest BCUT2D eigenvalue weighted by Crippen LogP contribution is -2.23. The molecule has 5 atom stereocenters. The molecule has 0 aliphatic heterocycles. The Kier molecular flexibility index (Phi) is 0.722. The SMILES string of the molecule is CC[C@@]12C[C@@H]3C[C@@H]1[C@@H]2[C@@H]3N. The van der Waals surface area contributed by atoms with Gasteiger partial charge in [-0.25, -0.2) is 0 Å². The molecule has 2 N–H and O–H groups in total. The van der Waals surface area contributed by atoms with E-state index in [1.807, 2.05) is 0 Å². The first-order valence-electron chi connectivity index (χ1n) is 4.55. The summed E-state index contributed by atoms with van der Waals surface area (Å²) in [7, 11) is 0. The van der Waals surface area contributed by atoms with Crippen LogP contribution in [0.15, 0.2) is 0 Å². The molecule has 4 saturated carbocycles. The highest BCUT2D eigenvalue weighted by Gasteiger charge is 2.76. The van der Waals surface area contributed by atoms with E-state index in [4.69, 9.17) is 5.73 Å². The van der Waals surface area contributed by atoms with Crippen molar-refractivity contribution in [2.24, 2.45) is 28.9 Å². The van der Waals surface area contributed by atoms with Crippen molar-refractivity contribution in [2.75, 3.05) is 0 Å². The highest BCUT2D eigenvalue weighted by molar-refractivity contribution is 5.26. The van der Waals surface area contributed by atoms with E-state index in [9.17, 15) is 0 Å². The van der Waals surface area contributed by atoms with Gasteiger partial charge in [0, 0.05) is 6.04 Å². The first-order chi connectivity index (χ1) is 4.79. The van der Waals surface area contributed by atoms with Crippen LogP contribution in [-0.2, 0) is 0 Å². The minimum absolute atomic E-state index is 0.602. The van der Waals surface area contributed by atoms with E-state index in [-0.39, 0.29) is 0 Å². The fourth-order valence-electron chi connectivity index (χ4n) is 4.06. The summed E-state index contributed by atoms with van der Waals surface area (Å²) in [5, 5.41) is 0. The zero-order valence-corrected chi connectivity index (χ0v) is 6.51. The van der Waals surface area contributed by atoms with E-state index in [2.05, 4.69) is 6.92 Å². The Bertz CT molecular complexity index is 189. The van der Waals surface area contributed by atoms with Crippen molar-refractivity contribution < 1.29 is 0 Å². The van der Waals surface area contributed by atoms with Gasteiger partial charge in [-0.1, -0.05) is 6.92 Å². The molecule has 0 aromatic rings. The summed E-state index contributed by atoms with van der Waals surface area (Å²) < 4.78 is 0. The van der Waals surface area contributed by atoms with Crippen LogP contribution in [0.2, 0.25) is 0 Å². The Morgan fingerprint density at radius 2 is 2.40 bits per heavy atom. The van der Waals surface area contributed by atoms with E-state index in [1.165, 1.54) is 19.3 Å². The molecule has 10 heavy (non-hydrogen) atoms. The standard InChI is InChI=1S/C9H15N/c1-2-9-4-5-3-6(9)7(9)8(5)10/h5-8H,2-4,10H2,1H3/t5-,6+,7+,8+,9+/m0/s1. The van der Waals surface area contributed by atoms with E-state index >= 15 is 0 Å². The van der Waals surface area contributed by atoms with Crippen LogP contribution in [0, 0.1) is 23.2 Å². The Labute approximate surface area is 62.0 Å². The van der Waals surface area contributed by atoms with Crippen LogP contribution in [0.4, 0.5) is 0 Å². The van der Waals surface area contributed by atoms with Gasteiger partial charge >= 0.3 is 0 Å². The molecule has 4 rings (SSSR count). The van der Waals surface area contributed by atoms with Gasteiger partial charge in [0.25, 0.3) is 0 Å². The number of hydrogen-bond acceptors (Lipinski definition) is 1. The molecule has 1 nitrogen and oxygen atoms in total. The lowest BCUT2D eigenvalue weighted by molar-refractivity contribution is 0.463. The minimum Gasteiger partial charge on any atom is -0.327 e. The van der Waals surface area contributed by atoms with Gasteiger partial charge in [-0.15, -0.1) is 0 Å². The Morgan fingerprint density at radius 3 is 2.60 bits per heavy atom. The largest absolute Gasteiger partial charge is 0.327 e. The third-order valence-corrected chi connectivity index (χ3v) is 4.54. The van der Waals surface area contributed by atoms with Crippen molar-refractivity contribution in [1.82, 2.24) is 0 Å². The Morgan fingerprint density at radius 1 is 1.60 bits per heavy atom. The average molecular weight is 137 g/mol. The summed E-state index contributed by atoms with van der Waals surface area (Å²) in [5.74, 6) is 2.95. The molecular weight excluding hydrogens is 122 g/mol. The van der Waals surface area contributed by atoms with Crippen LogP contribution < -0.4 is 5.73 Å². The van der Waals surface area contributed by atoms with Gasteiger partial charge in [0.05, 0.1) is 0 Å². The summed E-state index contributed by atoms with van der Waals surface area (Å²) in [6.45, 7) is 2.34. The minimum atomic E-state index is 0.602. The molecule has 1 heteroatoms. The van der Waals surface area contributed by atoms with E-state index < -0.39 is 0 Å². The normalized spacial score (nSPS) is 69.0. The van der Waals surface area contributed by atoms with Crippen LogP contribution in [0.1, 0.15) is 26.2 Å². The van der Waals surface area contributed by atoms with Crippen LogP contribution in [0.3, 0.4) is 0 Å². The molecular formula is C9H15N. The predicted molar refractivity (Wildman–Crippen MR) is 40.4 cm³/mol. The van der Waals surface area contributed by atoms with E-state index in [0.717, 1.165) is 23.2 Å². The molecule has 0 aromatic heterocycles. The molecule has 0 aromatic carbocycles. The fraction of sp³-hybridized carbons (Fsp3) is 1.00. The topological polar surface area (TPSA) is 26.0 Å². The van der Waals surface area contributed by atoms with Crippen LogP contribution in [0.25, 0.3) is 0 Å². The van der Waals surface area contributed by atoms with Gasteiger partial charge in [0.15, 0.2) is 0 Å². The van der Waals surface area contributed by atoms with Gasteiger partial charge in [-0.3, -0.25) is 0 Å². The van der Waals surface area contributed by atoms with Crippen LogP contribution >= 0.6 is 0 Å². The Hall–Kier alpha value is -0.0400. The molecule has 0 unspecified atom stereocenters. The molecule has 0 saturated heterocycles. The van der Waals surface area contributed by atoms with Crippen molar-refractivity contribution in [3.8, 4) is 0 Å². The first-order valence-corrected chi connectivity index (χ1v) is 4.55. The number of nitrogens with two attached hydrogens (primary N) is 1. The van der Waals surface area contributed by atoms with Gasteiger partial charge in [-0.2, -0.15) is 0 Å². The molecule has 4 aliphatic rings. The van der Waals surface area contributed by atoms with Gasteiger partial charge < -0.3 is 5.73 Å². The molecule has 0 amide bonds. The summed E-state index contributed by atoms with van der Waals surface area (Å²) >= 11 is 0. The molecule has 4 aliphatic carbocycles. The smallest absolute Gasteiger partial charge is 0.0104 e. The molecule has 0 heterocycles. The molecule has 56 valence electrons. The van der Waals surface area contributed by atoms with Crippen LogP contribution in [-0.4, -0.2) is 6.04 Å². The maximum absolute atomic E-state index is 6.07. The van der Waals surface area contributed by atoms with Crippen LogP contribution in [0.5, 0.6) is 0 Å². The number of rotatable bonds is 1. The maximum Gasteiger partial charge on any atom is 0.0104 e. The second kappa shape index (κ2) is 1.29. The zero-order chi connectivity index (χ0) is 6.93. The van der Waals surface area contributed by atoms with Crippen molar-refractivity contribution >= 4 is 0 Å².